The van der Waals surface area contributed by atoms with Crippen LogP contribution in [0.15, 0.2) is 72.8 Å². The lowest BCUT2D eigenvalue weighted by Crippen LogP contribution is -2.47. The molecule has 188 valence electrons. The van der Waals surface area contributed by atoms with Crippen LogP contribution in [-0.4, -0.2) is 63.9 Å². The van der Waals surface area contributed by atoms with E-state index >= 15 is 0 Å². The standard InChI is InChI=1S/C29H34N4O3/c1-35-28-4-2-3-24(19-28)22-33(27-11-9-25(10-12-27)31-15-17-36-18-16-31)26-7-5-23(6-8-26)21-32-14-13-30-20-29(32)34/h2-12,19,30H,13-18,20-22H2,1H3. The van der Waals surface area contributed by atoms with Crippen LogP contribution in [0, 0.1) is 0 Å². The van der Waals surface area contributed by atoms with Crippen LogP contribution in [0.25, 0.3) is 0 Å². The Morgan fingerprint density at radius 3 is 2.33 bits per heavy atom. The molecular weight excluding hydrogens is 452 g/mol. The van der Waals surface area contributed by atoms with Crippen molar-refractivity contribution in [2.24, 2.45) is 0 Å². The third-order valence-corrected chi connectivity index (χ3v) is 6.82. The zero-order valence-electron chi connectivity index (χ0n) is 20.9. The minimum Gasteiger partial charge on any atom is -0.497 e. The Morgan fingerprint density at radius 1 is 0.917 bits per heavy atom. The number of amides is 1. The monoisotopic (exact) mass is 486 g/mol. The molecular formula is C29H34N4O3. The summed E-state index contributed by atoms with van der Waals surface area (Å²) in [7, 11) is 1.70. The molecule has 0 atom stereocenters. The van der Waals surface area contributed by atoms with E-state index in [1.165, 1.54) is 11.3 Å². The average Bonchev–Trinajstić information content (AvgIpc) is 2.94. The minimum atomic E-state index is 0.158. The first-order valence-electron chi connectivity index (χ1n) is 12.6. The Hall–Kier alpha value is -3.55. The summed E-state index contributed by atoms with van der Waals surface area (Å²) < 4.78 is 11.0. The largest absolute Gasteiger partial charge is 0.497 e. The second kappa shape index (κ2) is 11.5. The van der Waals surface area contributed by atoms with E-state index in [1.807, 2.05) is 17.0 Å². The fourth-order valence-electron chi connectivity index (χ4n) is 4.76. The van der Waals surface area contributed by atoms with Crippen molar-refractivity contribution in [3.63, 3.8) is 0 Å². The van der Waals surface area contributed by atoms with Gasteiger partial charge in [0.15, 0.2) is 0 Å². The zero-order chi connectivity index (χ0) is 24.7. The molecule has 0 spiro atoms. The molecule has 5 rings (SSSR count). The number of nitrogens with zero attached hydrogens (tertiary/aromatic N) is 3. The van der Waals surface area contributed by atoms with Gasteiger partial charge in [-0.15, -0.1) is 0 Å². The first kappa shape index (κ1) is 24.2. The number of nitrogens with one attached hydrogen (secondary N) is 1. The van der Waals surface area contributed by atoms with Gasteiger partial charge in [0.25, 0.3) is 0 Å². The van der Waals surface area contributed by atoms with Gasteiger partial charge < -0.3 is 29.5 Å². The fraction of sp³-hybridized carbons (Fsp3) is 0.345. The molecule has 0 bridgehead atoms. The van der Waals surface area contributed by atoms with Crippen LogP contribution in [-0.2, 0) is 22.6 Å². The van der Waals surface area contributed by atoms with Crippen LogP contribution < -0.4 is 19.9 Å². The van der Waals surface area contributed by atoms with Crippen molar-refractivity contribution in [1.29, 1.82) is 0 Å². The van der Waals surface area contributed by atoms with Crippen molar-refractivity contribution in [2.45, 2.75) is 13.1 Å². The molecule has 0 unspecified atom stereocenters. The Morgan fingerprint density at radius 2 is 1.64 bits per heavy atom. The second-order valence-corrected chi connectivity index (χ2v) is 9.21. The van der Waals surface area contributed by atoms with Gasteiger partial charge in [0.05, 0.1) is 26.9 Å². The van der Waals surface area contributed by atoms with Crippen molar-refractivity contribution in [3.05, 3.63) is 83.9 Å². The van der Waals surface area contributed by atoms with E-state index in [4.69, 9.17) is 9.47 Å². The van der Waals surface area contributed by atoms with E-state index in [0.717, 1.165) is 62.1 Å². The fourth-order valence-corrected chi connectivity index (χ4v) is 4.76. The molecule has 1 N–H and O–H groups in total. The third kappa shape index (κ3) is 5.80. The van der Waals surface area contributed by atoms with E-state index in [1.54, 1.807) is 7.11 Å². The maximum absolute atomic E-state index is 12.2. The Labute approximate surface area is 213 Å². The van der Waals surface area contributed by atoms with Crippen molar-refractivity contribution in [1.82, 2.24) is 10.2 Å². The number of anilines is 3. The summed E-state index contributed by atoms with van der Waals surface area (Å²) in [6, 6.07) is 25.6. The normalized spacial score (nSPS) is 16.2. The van der Waals surface area contributed by atoms with Crippen LogP contribution in [0.4, 0.5) is 17.1 Å². The van der Waals surface area contributed by atoms with Gasteiger partial charge in [0.2, 0.25) is 5.91 Å². The molecule has 0 saturated carbocycles. The van der Waals surface area contributed by atoms with Gasteiger partial charge in [-0.25, -0.2) is 0 Å². The molecule has 3 aromatic rings. The number of hydrogen-bond acceptors (Lipinski definition) is 6. The predicted molar refractivity (Wildman–Crippen MR) is 143 cm³/mol. The van der Waals surface area contributed by atoms with Gasteiger partial charge in [-0.3, -0.25) is 4.79 Å². The molecule has 7 nitrogen and oxygen atoms in total. The van der Waals surface area contributed by atoms with Crippen LogP contribution in [0.2, 0.25) is 0 Å². The number of ether oxygens (including phenoxy) is 2. The van der Waals surface area contributed by atoms with Gasteiger partial charge in [-0.1, -0.05) is 24.3 Å². The summed E-state index contributed by atoms with van der Waals surface area (Å²) in [6.45, 7) is 6.76. The highest BCUT2D eigenvalue weighted by atomic mass is 16.5. The summed E-state index contributed by atoms with van der Waals surface area (Å²) in [4.78, 5) is 18.8. The molecule has 3 aromatic carbocycles. The molecule has 2 fully saturated rings. The zero-order valence-corrected chi connectivity index (χ0v) is 20.9. The lowest BCUT2D eigenvalue weighted by Gasteiger charge is -2.30. The van der Waals surface area contributed by atoms with Crippen LogP contribution in [0.5, 0.6) is 5.75 Å². The number of benzene rings is 3. The number of piperazine rings is 1. The first-order valence-corrected chi connectivity index (χ1v) is 12.6. The molecule has 2 aliphatic rings. The number of morpholine rings is 1. The van der Waals surface area contributed by atoms with Gasteiger partial charge >= 0.3 is 0 Å². The maximum Gasteiger partial charge on any atom is 0.236 e. The Bertz CT molecular complexity index is 1140. The molecule has 36 heavy (non-hydrogen) atoms. The van der Waals surface area contributed by atoms with E-state index < -0.39 is 0 Å². The molecule has 1 amide bonds. The maximum atomic E-state index is 12.2. The molecule has 0 radical (unpaired) electrons. The molecule has 0 aromatic heterocycles. The highest BCUT2D eigenvalue weighted by Crippen LogP contribution is 2.31. The smallest absolute Gasteiger partial charge is 0.236 e. The van der Waals surface area contributed by atoms with E-state index in [0.29, 0.717) is 19.6 Å². The summed E-state index contributed by atoms with van der Waals surface area (Å²) >= 11 is 0. The predicted octanol–water partition coefficient (Wildman–Crippen LogP) is 3.80. The van der Waals surface area contributed by atoms with Crippen molar-refractivity contribution in [2.75, 3.05) is 62.8 Å². The summed E-state index contributed by atoms with van der Waals surface area (Å²) in [6.07, 6.45) is 0. The van der Waals surface area contributed by atoms with Gasteiger partial charge in [-0.2, -0.15) is 0 Å². The molecule has 0 aliphatic carbocycles. The molecule has 2 heterocycles. The van der Waals surface area contributed by atoms with Crippen LogP contribution in [0.1, 0.15) is 11.1 Å². The van der Waals surface area contributed by atoms with Gasteiger partial charge in [0, 0.05) is 56.3 Å². The van der Waals surface area contributed by atoms with Crippen molar-refractivity contribution < 1.29 is 14.3 Å². The SMILES string of the molecule is COc1cccc(CN(c2ccc(CN3CCNCC3=O)cc2)c2ccc(N3CCOCC3)cc2)c1. The lowest BCUT2D eigenvalue weighted by molar-refractivity contribution is -0.132. The highest BCUT2D eigenvalue weighted by molar-refractivity contribution is 5.79. The van der Waals surface area contributed by atoms with Crippen molar-refractivity contribution in [3.8, 4) is 5.75 Å². The third-order valence-electron chi connectivity index (χ3n) is 6.82. The summed E-state index contributed by atoms with van der Waals surface area (Å²) in [5.74, 6) is 1.01. The topological polar surface area (TPSA) is 57.3 Å². The number of methoxy groups -OCH3 is 1. The Balaban J connectivity index is 1.39. The van der Waals surface area contributed by atoms with Crippen molar-refractivity contribution >= 4 is 23.0 Å². The quantitative estimate of drug-likeness (QED) is 0.523. The van der Waals surface area contributed by atoms with Gasteiger partial charge in [-0.05, 0) is 59.7 Å². The molecule has 2 aliphatic heterocycles. The van der Waals surface area contributed by atoms with E-state index in [9.17, 15) is 4.79 Å². The van der Waals surface area contributed by atoms with E-state index in [-0.39, 0.29) is 5.91 Å². The van der Waals surface area contributed by atoms with Gasteiger partial charge in [0.1, 0.15) is 5.75 Å². The highest BCUT2D eigenvalue weighted by Gasteiger charge is 2.18. The first-order chi connectivity index (χ1) is 17.7. The average molecular weight is 487 g/mol. The summed E-state index contributed by atoms with van der Waals surface area (Å²) in [5.41, 5.74) is 5.76. The number of carbonyl (C=O) groups excluding carboxylic acids is 1. The van der Waals surface area contributed by atoms with Crippen LogP contribution in [0.3, 0.4) is 0 Å². The number of hydrogen-bond donors (Lipinski definition) is 1. The van der Waals surface area contributed by atoms with Crippen LogP contribution >= 0.6 is 0 Å². The Kier molecular flexibility index (Phi) is 7.69. The summed E-state index contributed by atoms with van der Waals surface area (Å²) in [5, 5.41) is 3.13. The molecule has 2 saturated heterocycles. The van der Waals surface area contributed by atoms with E-state index in [2.05, 4.69) is 75.8 Å². The second-order valence-electron chi connectivity index (χ2n) is 9.21. The number of carbonyl (C=O) groups is 1. The molecule has 7 heteroatoms. The number of rotatable bonds is 8. The lowest BCUT2D eigenvalue weighted by atomic mass is 10.1. The minimum absolute atomic E-state index is 0.158.